The molecule has 4 heteroatoms. The van der Waals surface area contributed by atoms with E-state index in [1.807, 2.05) is 6.07 Å². The van der Waals surface area contributed by atoms with E-state index in [0.29, 0.717) is 5.69 Å². The maximum absolute atomic E-state index is 13.4. The van der Waals surface area contributed by atoms with Crippen LogP contribution in [0.2, 0.25) is 0 Å². The zero-order chi connectivity index (χ0) is 12.3. The molecule has 84 valence electrons. The van der Waals surface area contributed by atoms with E-state index in [2.05, 4.69) is 0 Å². The Kier molecular flexibility index (Phi) is 2.93. The Hall–Kier alpha value is -2.54. The number of halogens is 1. The van der Waals surface area contributed by atoms with E-state index in [1.165, 1.54) is 18.2 Å². The van der Waals surface area contributed by atoms with Crippen molar-refractivity contribution in [1.29, 1.82) is 5.26 Å². The lowest BCUT2D eigenvalue weighted by atomic mass is 10.2. The highest BCUT2D eigenvalue weighted by Gasteiger charge is 2.08. The monoisotopic (exact) mass is 228 g/mol. The summed E-state index contributed by atoms with van der Waals surface area (Å²) in [4.78, 5) is 0. The molecule has 0 aliphatic heterocycles. The molecule has 2 N–H and O–H groups in total. The third-order valence-electron chi connectivity index (χ3n) is 2.18. The van der Waals surface area contributed by atoms with E-state index in [-0.39, 0.29) is 17.1 Å². The van der Waals surface area contributed by atoms with Gasteiger partial charge < -0.3 is 10.5 Å². The molecule has 17 heavy (non-hydrogen) atoms. The highest BCUT2D eigenvalue weighted by molar-refractivity contribution is 5.54. The van der Waals surface area contributed by atoms with Gasteiger partial charge in [-0.2, -0.15) is 5.26 Å². The smallest absolute Gasteiger partial charge is 0.165 e. The molecule has 0 radical (unpaired) electrons. The lowest BCUT2D eigenvalue weighted by Crippen LogP contribution is -1.93. The van der Waals surface area contributed by atoms with Crippen molar-refractivity contribution < 1.29 is 9.13 Å². The molecule has 0 unspecified atom stereocenters. The van der Waals surface area contributed by atoms with Crippen LogP contribution < -0.4 is 10.5 Å². The molecule has 0 fully saturated rings. The number of para-hydroxylation sites is 1. The van der Waals surface area contributed by atoms with Crippen LogP contribution >= 0.6 is 0 Å². The minimum Gasteiger partial charge on any atom is -0.453 e. The molecule has 0 aliphatic carbocycles. The number of ether oxygens (including phenoxy) is 1. The minimum absolute atomic E-state index is 0.0776. The van der Waals surface area contributed by atoms with Crippen LogP contribution in [0, 0.1) is 17.1 Å². The number of benzene rings is 2. The van der Waals surface area contributed by atoms with Crippen LogP contribution in [-0.4, -0.2) is 0 Å². The van der Waals surface area contributed by atoms with Crippen LogP contribution in [0.5, 0.6) is 11.5 Å². The van der Waals surface area contributed by atoms with Gasteiger partial charge in [-0.3, -0.25) is 0 Å². The molecule has 2 aromatic rings. The van der Waals surface area contributed by atoms with Crippen LogP contribution in [0.15, 0.2) is 42.5 Å². The Morgan fingerprint density at radius 2 is 1.88 bits per heavy atom. The fourth-order valence-corrected chi connectivity index (χ4v) is 1.37. The van der Waals surface area contributed by atoms with Crippen LogP contribution in [-0.2, 0) is 0 Å². The van der Waals surface area contributed by atoms with Gasteiger partial charge in [-0.15, -0.1) is 0 Å². The Bertz CT molecular complexity index is 590. The normalized spacial score (nSPS) is 9.65. The van der Waals surface area contributed by atoms with E-state index in [1.54, 1.807) is 24.3 Å². The van der Waals surface area contributed by atoms with Crippen LogP contribution in [0.4, 0.5) is 10.1 Å². The largest absolute Gasteiger partial charge is 0.453 e. The first kappa shape index (κ1) is 11.0. The number of nitriles is 1. The van der Waals surface area contributed by atoms with Crippen LogP contribution in [0.25, 0.3) is 0 Å². The van der Waals surface area contributed by atoms with Crippen LogP contribution in [0.3, 0.4) is 0 Å². The number of nitrogens with two attached hydrogens (primary N) is 1. The molecule has 0 bridgehead atoms. The predicted octanol–water partition coefficient (Wildman–Crippen LogP) is 3.07. The van der Waals surface area contributed by atoms with Gasteiger partial charge in [0.1, 0.15) is 11.8 Å². The SMILES string of the molecule is N#Cc1cc(N)ccc1Oc1ccccc1F. The van der Waals surface area contributed by atoms with Gasteiger partial charge in [0.05, 0.1) is 5.56 Å². The molecule has 0 saturated carbocycles. The summed E-state index contributed by atoms with van der Waals surface area (Å²) in [6.45, 7) is 0. The van der Waals surface area contributed by atoms with Crippen molar-refractivity contribution in [2.75, 3.05) is 5.73 Å². The number of nitrogens with zero attached hydrogens (tertiary/aromatic N) is 1. The molecule has 0 saturated heterocycles. The van der Waals surface area contributed by atoms with E-state index in [0.717, 1.165) is 0 Å². The van der Waals surface area contributed by atoms with Gasteiger partial charge in [-0.05, 0) is 30.3 Å². The first-order chi connectivity index (χ1) is 8.20. The lowest BCUT2D eigenvalue weighted by molar-refractivity contribution is 0.441. The molecule has 2 aromatic carbocycles. The first-order valence-electron chi connectivity index (χ1n) is 4.92. The van der Waals surface area contributed by atoms with Crippen molar-refractivity contribution in [2.24, 2.45) is 0 Å². The molecule has 3 nitrogen and oxygen atoms in total. The maximum Gasteiger partial charge on any atom is 0.165 e. The van der Waals surface area contributed by atoms with E-state index in [4.69, 9.17) is 15.7 Å². The van der Waals surface area contributed by atoms with Gasteiger partial charge >= 0.3 is 0 Å². The standard InChI is InChI=1S/C13H9FN2O/c14-11-3-1-2-4-13(11)17-12-6-5-10(16)7-9(12)8-15/h1-7H,16H2. The summed E-state index contributed by atoms with van der Waals surface area (Å²) in [6.07, 6.45) is 0. The van der Waals surface area contributed by atoms with Crippen molar-refractivity contribution in [3.05, 3.63) is 53.8 Å². The Morgan fingerprint density at radius 1 is 1.12 bits per heavy atom. The second-order valence-electron chi connectivity index (χ2n) is 3.40. The first-order valence-corrected chi connectivity index (χ1v) is 4.92. The number of hydrogen-bond acceptors (Lipinski definition) is 3. The highest BCUT2D eigenvalue weighted by Crippen LogP contribution is 2.28. The zero-order valence-corrected chi connectivity index (χ0v) is 8.85. The number of nitrogen functional groups attached to an aromatic ring is 1. The van der Waals surface area contributed by atoms with Crippen molar-refractivity contribution in [3.63, 3.8) is 0 Å². The van der Waals surface area contributed by atoms with Gasteiger partial charge in [-0.1, -0.05) is 12.1 Å². The molecule has 0 amide bonds. The molecular formula is C13H9FN2O. The Labute approximate surface area is 97.9 Å². The summed E-state index contributed by atoms with van der Waals surface area (Å²) < 4.78 is 18.7. The number of hydrogen-bond donors (Lipinski definition) is 1. The lowest BCUT2D eigenvalue weighted by Gasteiger charge is -2.08. The number of anilines is 1. The highest BCUT2D eigenvalue weighted by atomic mass is 19.1. The van der Waals surface area contributed by atoms with Gasteiger partial charge in [-0.25, -0.2) is 4.39 Å². The maximum atomic E-state index is 13.4. The Morgan fingerprint density at radius 3 is 2.59 bits per heavy atom. The molecule has 0 heterocycles. The second-order valence-corrected chi connectivity index (χ2v) is 3.40. The van der Waals surface area contributed by atoms with Crippen LogP contribution in [0.1, 0.15) is 5.56 Å². The minimum atomic E-state index is -0.479. The molecular weight excluding hydrogens is 219 g/mol. The van der Waals surface area contributed by atoms with Gasteiger partial charge in [0, 0.05) is 5.69 Å². The third-order valence-corrected chi connectivity index (χ3v) is 2.18. The molecule has 2 rings (SSSR count). The predicted molar refractivity (Wildman–Crippen MR) is 62.0 cm³/mol. The van der Waals surface area contributed by atoms with Crippen molar-refractivity contribution in [1.82, 2.24) is 0 Å². The van der Waals surface area contributed by atoms with Crippen molar-refractivity contribution >= 4 is 5.69 Å². The summed E-state index contributed by atoms with van der Waals surface area (Å²) in [6, 6.07) is 12.6. The summed E-state index contributed by atoms with van der Waals surface area (Å²) >= 11 is 0. The third kappa shape index (κ3) is 2.34. The zero-order valence-electron chi connectivity index (χ0n) is 8.85. The van der Waals surface area contributed by atoms with E-state index < -0.39 is 5.82 Å². The van der Waals surface area contributed by atoms with Gasteiger partial charge in [0.25, 0.3) is 0 Å². The summed E-state index contributed by atoms with van der Waals surface area (Å²) in [5.74, 6) is -0.117. The molecule has 0 atom stereocenters. The second kappa shape index (κ2) is 4.54. The fourth-order valence-electron chi connectivity index (χ4n) is 1.37. The summed E-state index contributed by atoms with van der Waals surface area (Å²) in [5.41, 5.74) is 6.28. The van der Waals surface area contributed by atoms with Gasteiger partial charge in [0.15, 0.2) is 11.6 Å². The number of rotatable bonds is 2. The fraction of sp³-hybridized carbons (Fsp3) is 0. The van der Waals surface area contributed by atoms with E-state index in [9.17, 15) is 4.39 Å². The topological polar surface area (TPSA) is 59.0 Å². The van der Waals surface area contributed by atoms with Crippen molar-refractivity contribution in [3.8, 4) is 17.6 Å². The van der Waals surface area contributed by atoms with Crippen molar-refractivity contribution in [2.45, 2.75) is 0 Å². The van der Waals surface area contributed by atoms with Gasteiger partial charge in [0.2, 0.25) is 0 Å². The molecule has 0 aromatic heterocycles. The summed E-state index contributed by atoms with van der Waals surface area (Å²) in [5, 5.41) is 8.91. The summed E-state index contributed by atoms with van der Waals surface area (Å²) in [7, 11) is 0. The Balaban J connectivity index is 2.37. The average Bonchev–Trinajstić information content (AvgIpc) is 2.34. The molecule has 0 spiro atoms. The molecule has 0 aliphatic rings. The average molecular weight is 228 g/mol. The van der Waals surface area contributed by atoms with E-state index >= 15 is 0 Å². The quantitative estimate of drug-likeness (QED) is 0.803.